The van der Waals surface area contributed by atoms with Crippen LogP contribution in [0.1, 0.15) is 24.4 Å². The molecular weight excluding hydrogens is 316 g/mol. The molecule has 3 rings (SSSR count). The Morgan fingerprint density at radius 3 is 2.60 bits per heavy atom. The van der Waals surface area contributed by atoms with Crippen LogP contribution in [0.2, 0.25) is 0 Å². The van der Waals surface area contributed by atoms with Gasteiger partial charge in [0.1, 0.15) is 11.9 Å². The van der Waals surface area contributed by atoms with E-state index in [1.807, 2.05) is 41.3 Å². The molecule has 0 radical (unpaired) electrons. The van der Waals surface area contributed by atoms with Crippen LogP contribution in [0, 0.1) is 5.92 Å². The maximum absolute atomic E-state index is 12.5. The number of hydrogen-bond acceptors (Lipinski definition) is 4. The molecule has 1 aromatic heterocycles. The summed E-state index contributed by atoms with van der Waals surface area (Å²) in [5.74, 6) is -0.114. The normalized spacial score (nSPS) is 19.1. The Bertz CT molecular complexity index is 721. The molecule has 2 aromatic rings. The van der Waals surface area contributed by atoms with Crippen LogP contribution in [0.3, 0.4) is 0 Å². The smallest absolute Gasteiger partial charge is 0.239 e. The Morgan fingerprint density at radius 2 is 1.92 bits per heavy atom. The minimum Gasteiger partial charge on any atom is -0.368 e. The molecule has 3 N–H and O–H groups in total. The molecule has 2 heterocycles. The molecule has 0 saturated carbocycles. The molecule has 2 amide bonds. The number of anilines is 1. The van der Waals surface area contributed by atoms with E-state index in [-0.39, 0.29) is 11.8 Å². The zero-order chi connectivity index (χ0) is 17.6. The lowest BCUT2D eigenvalue weighted by Crippen LogP contribution is -2.46. The highest BCUT2D eigenvalue weighted by molar-refractivity contribution is 5.92. The predicted octanol–water partition coefficient (Wildman–Crippen LogP) is 1.96. The minimum atomic E-state index is -0.508. The fourth-order valence-corrected chi connectivity index (χ4v) is 3.31. The van der Waals surface area contributed by atoms with E-state index in [1.54, 1.807) is 18.3 Å². The second-order valence-electron chi connectivity index (χ2n) is 6.25. The highest BCUT2D eigenvalue weighted by atomic mass is 16.2. The number of aromatic nitrogens is 1. The molecule has 130 valence electrons. The zero-order valence-corrected chi connectivity index (χ0v) is 14.0. The Morgan fingerprint density at radius 1 is 1.16 bits per heavy atom. The molecule has 25 heavy (non-hydrogen) atoms. The standard InChI is InChI=1S/C19H22N4O2/c20-18(24)17(14-7-2-1-3-8-14)23-12-6-9-15(13-23)19(25)22-16-10-4-5-11-21-16/h1-5,7-8,10-11,15,17H,6,9,12-13H2,(H2,20,24)(H,21,22,25)/t15-,17+/m0/s1. The number of likely N-dealkylation sites (tertiary alicyclic amines) is 1. The first-order valence-corrected chi connectivity index (χ1v) is 8.45. The van der Waals surface area contributed by atoms with Crippen molar-refractivity contribution < 1.29 is 9.59 Å². The van der Waals surface area contributed by atoms with E-state index in [1.165, 1.54) is 0 Å². The summed E-state index contributed by atoms with van der Waals surface area (Å²) in [6, 6.07) is 14.4. The van der Waals surface area contributed by atoms with E-state index in [0.29, 0.717) is 12.4 Å². The summed E-state index contributed by atoms with van der Waals surface area (Å²) in [5, 5.41) is 2.85. The number of pyridine rings is 1. The van der Waals surface area contributed by atoms with Crippen molar-refractivity contribution in [1.82, 2.24) is 9.88 Å². The van der Waals surface area contributed by atoms with Crippen molar-refractivity contribution in [1.29, 1.82) is 0 Å². The topological polar surface area (TPSA) is 88.3 Å². The first kappa shape index (κ1) is 17.1. The Balaban J connectivity index is 1.71. The summed E-state index contributed by atoms with van der Waals surface area (Å²) in [7, 11) is 0. The molecule has 6 heteroatoms. The number of rotatable bonds is 5. The molecule has 1 aliphatic rings. The van der Waals surface area contributed by atoms with Gasteiger partial charge in [0.25, 0.3) is 0 Å². The summed E-state index contributed by atoms with van der Waals surface area (Å²) in [6.45, 7) is 1.25. The molecule has 1 aromatic carbocycles. The molecule has 0 aliphatic carbocycles. The zero-order valence-electron chi connectivity index (χ0n) is 14.0. The fourth-order valence-electron chi connectivity index (χ4n) is 3.31. The maximum Gasteiger partial charge on any atom is 0.239 e. The summed E-state index contributed by atoms with van der Waals surface area (Å²) in [6.07, 6.45) is 3.27. The highest BCUT2D eigenvalue weighted by Gasteiger charge is 2.33. The van der Waals surface area contributed by atoms with Gasteiger partial charge in [0, 0.05) is 12.7 Å². The molecule has 1 fully saturated rings. The Hall–Kier alpha value is -2.73. The molecule has 0 spiro atoms. The summed E-state index contributed by atoms with van der Waals surface area (Å²) < 4.78 is 0. The number of carbonyl (C=O) groups excluding carboxylic acids is 2. The SMILES string of the molecule is NC(=O)[C@@H](c1ccccc1)N1CCC[C@H](C(=O)Nc2ccccn2)C1. The van der Waals surface area contributed by atoms with Crippen molar-refractivity contribution in [3.8, 4) is 0 Å². The van der Waals surface area contributed by atoms with Gasteiger partial charge in [0.15, 0.2) is 0 Å². The average Bonchev–Trinajstić information content (AvgIpc) is 2.63. The second-order valence-corrected chi connectivity index (χ2v) is 6.25. The summed E-state index contributed by atoms with van der Waals surface area (Å²) in [5.41, 5.74) is 6.52. The van der Waals surface area contributed by atoms with Gasteiger partial charge in [0.2, 0.25) is 11.8 Å². The third kappa shape index (κ3) is 4.22. The van der Waals surface area contributed by atoms with Crippen LogP contribution in [0.5, 0.6) is 0 Å². The highest BCUT2D eigenvalue weighted by Crippen LogP contribution is 2.27. The average molecular weight is 338 g/mol. The number of nitrogens with one attached hydrogen (secondary N) is 1. The lowest BCUT2D eigenvalue weighted by molar-refractivity contribution is -0.127. The van der Waals surface area contributed by atoms with Crippen LogP contribution >= 0.6 is 0 Å². The van der Waals surface area contributed by atoms with Crippen molar-refractivity contribution in [2.75, 3.05) is 18.4 Å². The van der Waals surface area contributed by atoms with Gasteiger partial charge in [-0.25, -0.2) is 4.98 Å². The molecular formula is C19H22N4O2. The lowest BCUT2D eigenvalue weighted by atomic mass is 9.93. The monoisotopic (exact) mass is 338 g/mol. The molecule has 2 atom stereocenters. The maximum atomic E-state index is 12.5. The number of benzene rings is 1. The van der Waals surface area contributed by atoms with Crippen LogP contribution in [-0.2, 0) is 9.59 Å². The van der Waals surface area contributed by atoms with E-state index in [0.717, 1.165) is 24.9 Å². The van der Waals surface area contributed by atoms with Gasteiger partial charge >= 0.3 is 0 Å². The quantitative estimate of drug-likeness (QED) is 0.872. The van der Waals surface area contributed by atoms with E-state index in [4.69, 9.17) is 5.73 Å². The molecule has 1 saturated heterocycles. The number of carbonyl (C=O) groups is 2. The van der Waals surface area contributed by atoms with Crippen LogP contribution < -0.4 is 11.1 Å². The number of amides is 2. The van der Waals surface area contributed by atoms with Gasteiger partial charge in [0.05, 0.1) is 5.92 Å². The number of nitrogens with zero attached hydrogens (tertiary/aromatic N) is 2. The second kappa shape index (κ2) is 7.90. The summed E-state index contributed by atoms with van der Waals surface area (Å²) >= 11 is 0. The molecule has 0 bridgehead atoms. The predicted molar refractivity (Wildman–Crippen MR) is 95.5 cm³/mol. The van der Waals surface area contributed by atoms with Crippen LogP contribution in [0.4, 0.5) is 5.82 Å². The molecule has 1 aliphatic heterocycles. The number of nitrogens with two attached hydrogens (primary N) is 1. The van der Waals surface area contributed by atoms with Crippen LogP contribution in [0.25, 0.3) is 0 Å². The van der Waals surface area contributed by atoms with Crippen LogP contribution in [0.15, 0.2) is 54.7 Å². The van der Waals surface area contributed by atoms with Crippen molar-refractivity contribution in [2.45, 2.75) is 18.9 Å². The number of hydrogen-bond donors (Lipinski definition) is 2. The van der Waals surface area contributed by atoms with Gasteiger partial charge < -0.3 is 11.1 Å². The molecule has 6 nitrogen and oxygen atoms in total. The van der Waals surface area contributed by atoms with Gasteiger partial charge in [-0.3, -0.25) is 14.5 Å². The molecule has 0 unspecified atom stereocenters. The van der Waals surface area contributed by atoms with Gasteiger partial charge in [-0.1, -0.05) is 36.4 Å². The fraction of sp³-hybridized carbons (Fsp3) is 0.316. The van der Waals surface area contributed by atoms with Crippen molar-refractivity contribution >= 4 is 17.6 Å². The largest absolute Gasteiger partial charge is 0.368 e. The van der Waals surface area contributed by atoms with Gasteiger partial charge in [-0.05, 0) is 37.1 Å². The first-order chi connectivity index (χ1) is 12.1. The van der Waals surface area contributed by atoms with Gasteiger partial charge in [-0.2, -0.15) is 0 Å². The Kier molecular flexibility index (Phi) is 5.40. The van der Waals surface area contributed by atoms with Crippen molar-refractivity contribution in [3.63, 3.8) is 0 Å². The third-order valence-electron chi connectivity index (χ3n) is 4.49. The summed E-state index contributed by atoms with van der Waals surface area (Å²) in [4.78, 5) is 30.7. The lowest BCUT2D eigenvalue weighted by Gasteiger charge is -2.36. The number of piperidine rings is 1. The van der Waals surface area contributed by atoms with E-state index in [9.17, 15) is 9.59 Å². The third-order valence-corrected chi connectivity index (χ3v) is 4.49. The first-order valence-electron chi connectivity index (χ1n) is 8.45. The van der Waals surface area contributed by atoms with Crippen LogP contribution in [-0.4, -0.2) is 34.8 Å². The van der Waals surface area contributed by atoms with E-state index >= 15 is 0 Å². The number of primary amides is 1. The van der Waals surface area contributed by atoms with Gasteiger partial charge in [-0.15, -0.1) is 0 Å². The van der Waals surface area contributed by atoms with E-state index < -0.39 is 11.9 Å². The Labute approximate surface area is 147 Å². The van der Waals surface area contributed by atoms with Crippen molar-refractivity contribution in [2.24, 2.45) is 11.7 Å². The minimum absolute atomic E-state index is 0.0697. The van der Waals surface area contributed by atoms with Crippen molar-refractivity contribution in [3.05, 3.63) is 60.3 Å². The van der Waals surface area contributed by atoms with E-state index in [2.05, 4.69) is 10.3 Å².